The number of hydrogen-bond acceptors (Lipinski definition) is 3. The first kappa shape index (κ1) is 15.8. The van der Waals surface area contributed by atoms with Crippen molar-refractivity contribution in [3.05, 3.63) is 70.5 Å². The lowest BCUT2D eigenvalue weighted by Gasteiger charge is -2.15. The molecule has 0 saturated heterocycles. The van der Waals surface area contributed by atoms with Gasteiger partial charge in [-0.25, -0.2) is 4.98 Å². The lowest BCUT2D eigenvalue weighted by Crippen LogP contribution is -1.99. The van der Waals surface area contributed by atoms with Crippen LogP contribution in [0.4, 0.5) is 0 Å². The molecule has 2 nitrogen and oxygen atoms in total. The number of nitrogens with zero attached hydrogens (tertiary/aromatic N) is 1. The van der Waals surface area contributed by atoms with Gasteiger partial charge in [-0.1, -0.05) is 50.2 Å². The highest BCUT2D eigenvalue weighted by Gasteiger charge is 2.12. The van der Waals surface area contributed by atoms with Crippen LogP contribution in [0.1, 0.15) is 37.3 Å². The van der Waals surface area contributed by atoms with Gasteiger partial charge in [0.25, 0.3) is 0 Å². The fourth-order valence-electron chi connectivity index (χ4n) is 2.50. The Balaban J connectivity index is 1.89. The number of aromatic nitrogens is 1. The molecule has 0 bridgehead atoms. The van der Waals surface area contributed by atoms with Crippen molar-refractivity contribution in [2.45, 2.75) is 32.8 Å². The van der Waals surface area contributed by atoms with Crippen LogP contribution in [0, 0.1) is 0 Å². The van der Waals surface area contributed by atoms with Crippen LogP contribution < -0.4 is 4.74 Å². The van der Waals surface area contributed by atoms with E-state index < -0.39 is 0 Å². The first-order valence-electron chi connectivity index (χ1n) is 7.97. The average molecular weight is 323 g/mol. The van der Waals surface area contributed by atoms with E-state index in [0.717, 1.165) is 23.4 Å². The maximum atomic E-state index is 6.08. The summed E-state index contributed by atoms with van der Waals surface area (Å²) in [5.41, 5.74) is 6.44. The summed E-state index contributed by atoms with van der Waals surface area (Å²) in [5.74, 6) is 1.43. The summed E-state index contributed by atoms with van der Waals surface area (Å²) in [4.78, 5) is 4.47. The van der Waals surface area contributed by atoms with Gasteiger partial charge in [-0.3, -0.25) is 0 Å². The van der Waals surface area contributed by atoms with Crippen molar-refractivity contribution < 1.29 is 4.74 Å². The molecule has 0 aliphatic carbocycles. The first-order chi connectivity index (χ1) is 11.3. The van der Waals surface area contributed by atoms with E-state index in [9.17, 15) is 0 Å². The second kappa shape index (κ2) is 7.42. The molecule has 23 heavy (non-hydrogen) atoms. The summed E-state index contributed by atoms with van der Waals surface area (Å²) >= 11 is 1.61. The van der Waals surface area contributed by atoms with Gasteiger partial charge in [0.1, 0.15) is 12.4 Å². The van der Waals surface area contributed by atoms with Gasteiger partial charge < -0.3 is 4.74 Å². The van der Waals surface area contributed by atoms with Crippen molar-refractivity contribution in [3.8, 4) is 17.0 Å². The molecule has 0 spiro atoms. The monoisotopic (exact) mass is 323 g/mol. The second-order valence-corrected chi connectivity index (χ2v) is 6.43. The van der Waals surface area contributed by atoms with E-state index >= 15 is 0 Å². The standard InChI is InChI=1S/C20H21NOS/c1-3-15(2)17-9-10-20(18(11-17)19-13-23-14-21-19)22-12-16-7-5-4-6-8-16/h4-11,13-15H,3,12H2,1-2H3. The molecular formula is C20H21NOS. The second-order valence-electron chi connectivity index (χ2n) is 5.71. The Morgan fingerprint density at radius 2 is 1.96 bits per heavy atom. The van der Waals surface area contributed by atoms with E-state index in [1.807, 2.05) is 23.7 Å². The van der Waals surface area contributed by atoms with Gasteiger partial charge in [0, 0.05) is 10.9 Å². The molecule has 0 saturated carbocycles. The van der Waals surface area contributed by atoms with E-state index in [2.05, 4.69) is 54.5 Å². The van der Waals surface area contributed by atoms with Crippen molar-refractivity contribution >= 4 is 11.3 Å². The summed E-state index contributed by atoms with van der Waals surface area (Å²) in [5, 5.41) is 2.07. The SMILES string of the molecule is CCC(C)c1ccc(OCc2ccccc2)c(-c2cscn2)c1. The van der Waals surface area contributed by atoms with Gasteiger partial charge >= 0.3 is 0 Å². The lowest BCUT2D eigenvalue weighted by molar-refractivity contribution is 0.307. The summed E-state index contributed by atoms with van der Waals surface area (Å²) in [6, 6.07) is 16.7. The minimum absolute atomic E-state index is 0.538. The molecular weight excluding hydrogens is 302 g/mol. The Labute approximate surface area is 141 Å². The highest BCUT2D eigenvalue weighted by molar-refractivity contribution is 7.07. The predicted octanol–water partition coefficient (Wildman–Crippen LogP) is 5.90. The zero-order chi connectivity index (χ0) is 16.1. The molecule has 0 fully saturated rings. The molecule has 1 heterocycles. The Bertz CT molecular complexity index is 738. The van der Waals surface area contributed by atoms with Crippen LogP contribution in [0.15, 0.2) is 59.4 Å². The van der Waals surface area contributed by atoms with Crippen molar-refractivity contribution in [1.29, 1.82) is 0 Å². The van der Waals surface area contributed by atoms with Gasteiger partial charge in [-0.15, -0.1) is 11.3 Å². The molecule has 0 radical (unpaired) electrons. The zero-order valence-electron chi connectivity index (χ0n) is 13.5. The highest BCUT2D eigenvalue weighted by Crippen LogP contribution is 2.34. The third-order valence-corrected chi connectivity index (χ3v) is 4.72. The molecule has 1 aromatic heterocycles. The Morgan fingerprint density at radius 1 is 1.13 bits per heavy atom. The number of rotatable bonds is 6. The van der Waals surface area contributed by atoms with Crippen LogP contribution in [0.5, 0.6) is 5.75 Å². The minimum atomic E-state index is 0.538. The molecule has 0 aliphatic rings. The molecule has 1 unspecified atom stereocenters. The van der Waals surface area contributed by atoms with Crippen molar-refractivity contribution in [2.75, 3.05) is 0 Å². The van der Waals surface area contributed by atoms with Crippen molar-refractivity contribution in [2.24, 2.45) is 0 Å². The van der Waals surface area contributed by atoms with Crippen molar-refractivity contribution in [1.82, 2.24) is 4.98 Å². The van der Waals surface area contributed by atoms with Gasteiger partial charge in [0.15, 0.2) is 0 Å². The minimum Gasteiger partial charge on any atom is -0.488 e. The molecule has 2 aromatic carbocycles. The Hall–Kier alpha value is -2.13. The van der Waals surface area contributed by atoms with E-state index in [0.29, 0.717) is 12.5 Å². The Kier molecular flexibility index (Phi) is 5.09. The molecule has 0 amide bonds. The molecule has 1 atom stereocenters. The molecule has 3 aromatic rings. The van der Waals surface area contributed by atoms with E-state index in [4.69, 9.17) is 4.74 Å². The predicted molar refractivity (Wildman–Crippen MR) is 97.0 cm³/mol. The molecule has 0 aliphatic heterocycles. The number of thiazole rings is 1. The molecule has 3 rings (SSSR count). The third kappa shape index (κ3) is 3.80. The van der Waals surface area contributed by atoms with Crippen LogP contribution in [-0.2, 0) is 6.61 Å². The fourth-order valence-corrected chi connectivity index (χ4v) is 3.05. The van der Waals surface area contributed by atoms with E-state index in [1.54, 1.807) is 11.3 Å². The molecule has 118 valence electrons. The average Bonchev–Trinajstić information content (AvgIpc) is 3.14. The van der Waals surface area contributed by atoms with Gasteiger partial charge in [-0.2, -0.15) is 0 Å². The largest absolute Gasteiger partial charge is 0.488 e. The third-order valence-electron chi connectivity index (χ3n) is 4.13. The zero-order valence-corrected chi connectivity index (χ0v) is 14.3. The van der Waals surface area contributed by atoms with Crippen LogP contribution >= 0.6 is 11.3 Å². The Morgan fingerprint density at radius 3 is 2.65 bits per heavy atom. The van der Waals surface area contributed by atoms with Gasteiger partial charge in [-0.05, 0) is 35.6 Å². The first-order valence-corrected chi connectivity index (χ1v) is 8.91. The van der Waals surface area contributed by atoms with Crippen molar-refractivity contribution in [3.63, 3.8) is 0 Å². The highest BCUT2D eigenvalue weighted by atomic mass is 32.1. The lowest BCUT2D eigenvalue weighted by atomic mass is 9.96. The number of ether oxygens (including phenoxy) is 1. The quantitative estimate of drug-likeness (QED) is 0.563. The van der Waals surface area contributed by atoms with Crippen LogP contribution in [0.25, 0.3) is 11.3 Å². The summed E-state index contributed by atoms with van der Waals surface area (Å²) in [7, 11) is 0. The van der Waals surface area contributed by atoms with E-state index in [1.165, 1.54) is 11.1 Å². The smallest absolute Gasteiger partial charge is 0.129 e. The normalized spacial score (nSPS) is 12.1. The van der Waals surface area contributed by atoms with Crippen LogP contribution in [0.2, 0.25) is 0 Å². The molecule has 0 N–H and O–H groups in total. The number of hydrogen-bond donors (Lipinski definition) is 0. The van der Waals surface area contributed by atoms with E-state index in [-0.39, 0.29) is 0 Å². The topological polar surface area (TPSA) is 22.1 Å². The summed E-state index contributed by atoms with van der Waals surface area (Å²) in [6.45, 7) is 5.04. The summed E-state index contributed by atoms with van der Waals surface area (Å²) in [6.07, 6.45) is 1.13. The van der Waals surface area contributed by atoms with Crippen LogP contribution in [-0.4, -0.2) is 4.98 Å². The summed E-state index contributed by atoms with van der Waals surface area (Å²) < 4.78 is 6.08. The maximum Gasteiger partial charge on any atom is 0.129 e. The van der Waals surface area contributed by atoms with Gasteiger partial charge in [0.2, 0.25) is 0 Å². The molecule has 3 heteroatoms. The maximum absolute atomic E-state index is 6.08. The number of benzene rings is 2. The van der Waals surface area contributed by atoms with Crippen LogP contribution in [0.3, 0.4) is 0 Å². The van der Waals surface area contributed by atoms with Gasteiger partial charge in [0.05, 0.1) is 11.2 Å². The fraction of sp³-hybridized carbons (Fsp3) is 0.250.